The summed E-state index contributed by atoms with van der Waals surface area (Å²) >= 11 is 1.76. The first-order chi connectivity index (χ1) is 13.5. The molecule has 0 saturated carbocycles. The quantitative estimate of drug-likeness (QED) is 0.322. The Balaban J connectivity index is 0.00000300. The monoisotopic (exact) mass is 530 g/mol. The van der Waals surface area contributed by atoms with Crippen molar-refractivity contribution in [2.45, 2.75) is 53.2 Å². The molecule has 8 heteroatoms. The van der Waals surface area contributed by atoms with Crippen LogP contribution in [0.25, 0.3) is 0 Å². The van der Waals surface area contributed by atoms with Gasteiger partial charge in [0.25, 0.3) is 0 Å². The summed E-state index contributed by atoms with van der Waals surface area (Å²) in [6.07, 6.45) is 2.09. The minimum absolute atomic E-state index is 0. The van der Waals surface area contributed by atoms with Crippen LogP contribution in [0.2, 0.25) is 0 Å². The van der Waals surface area contributed by atoms with E-state index < -0.39 is 0 Å². The summed E-state index contributed by atoms with van der Waals surface area (Å²) in [7, 11) is 1.79. The SMILES string of the molecule is CCOc1cc2c(cc1CNC(=NC)NCCc1sc(C)nc1C)OC(C)C2.I. The number of hydrogen-bond donors (Lipinski definition) is 2. The average Bonchev–Trinajstić information content (AvgIpc) is 3.17. The number of ether oxygens (including phenoxy) is 2. The second kappa shape index (κ2) is 11.0. The van der Waals surface area contributed by atoms with Gasteiger partial charge in [0.2, 0.25) is 0 Å². The largest absolute Gasteiger partial charge is 0.494 e. The molecule has 0 spiro atoms. The molecule has 2 heterocycles. The van der Waals surface area contributed by atoms with Gasteiger partial charge in [0.05, 0.1) is 17.3 Å². The number of halogens is 1. The molecular formula is C21H31IN4O2S. The van der Waals surface area contributed by atoms with Gasteiger partial charge in [0.15, 0.2) is 5.96 Å². The molecule has 160 valence electrons. The van der Waals surface area contributed by atoms with Crippen LogP contribution in [0.5, 0.6) is 11.5 Å². The van der Waals surface area contributed by atoms with Crippen LogP contribution in [0.4, 0.5) is 0 Å². The molecule has 0 bridgehead atoms. The predicted molar refractivity (Wildman–Crippen MR) is 130 cm³/mol. The summed E-state index contributed by atoms with van der Waals surface area (Å²) in [4.78, 5) is 10.1. The number of thiazole rings is 1. The number of aliphatic imine (C=N–C) groups is 1. The van der Waals surface area contributed by atoms with E-state index in [9.17, 15) is 0 Å². The first kappa shape index (κ1) is 23.7. The molecule has 0 fully saturated rings. The van der Waals surface area contributed by atoms with E-state index in [4.69, 9.17) is 9.47 Å². The van der Waals surface area contributed by atoms with Crippen molar-refractivity contribution >= 4 is 41.3 Å². The number of aromatic nitrogens is 1. The predicted octanol–water partition coefficient (Wildman–Crippen LogP) is 4.01. The summed E-state index contributed by atoms with van der Waals surface area (Å²) in [5.41, 5.74) is 3.42. The van der Waals surface area contributed by atoms with Crippen LogP contribution < -0.4 is 20.1 Å². The van der Waals surface area contributed by atoms with E-state index in [-0.39, 0.29) is 30.1 Å². The number of rotatable bonds is 7. The second-order valence-corrected chi connectivity index (χ2v) is 8.27. The summed E-state index contributed by atoms with van der Waals surface area (Å²) in [6, 6.07) is 4.21. The number of guanidine groups is 1. The first-order valence-corrected chi connectivity index (χ1v) is 10.6. The number of fused-ring (bicyclic) bond motifs is 1. The smallest absolute Gasteiger partial charge is 0.191 e. The van der Waals surface area contributed by atoms with Gasteiger partial charge in [-0.1, -0.05) is 0 Å². The minimum atomic E-state index is 0. The fraction of sp³-hybridized carbons (Fsp3) is 0.524. The van der Waals surface area contributed by atoms with Gasteiger partial charge in [0, 0.05) is 49.0 Å². The summed E-state index contributed by atoms with van der Waals surface area (Å²) < 4.78 is 11.8. The molecule has 1 atom stereocenters. The highest BCUT2D eigenvalue weighted by Crippen LogP contribution is 2.35. The van der Waals surface area contributed by atoms with Crippen molar-refractivity contribution in [1.29, 1.82) is 0 Å². The van der Waals surface area contributed by atoms with Crippen LogP contribution in [-0.2, 0) is 19.4 Å². The normalized spacial score (nSPS) is 15.3. The molecule has 2 aromatic rings. The molecule has 3 rings (SSSR count). The van der Waals surface area contributed by atoms with Crippen molar-refractivity contribution in [3.8, 4) is 11.5 Å². The van der Waals surface area contributed by atoms with Crippen LogP contribution in [-0.4, -0.2) is 37.2 Å². The molecule has 6 nitrogen and oxygen atoms in total. The van der Waals surface area contributed by atoms with E-state index in [0.29, 0.717) is 13.2 Å². The first-order valence-electron chi connectivity index (χ1n) is 9.82. The van der Waals surface area contributed by atoms with E-state index in [1.54, 1.807) is 18.4 Å². The fourth-order valence-electron chi connectivity index (χ4n) is 3.41. The van der Waals surface area contributed by atoms with E-state index in [1.165, 1.54) is 10.4 Å². The molecule has 2 N–H and O–H groups in total. The van der Waals surface area contributed by atoms with Gasteiger partial charge in [-0.25, -0.2) is 4.98 Å². The zero-order valence-electron chi connectivity index (χ0n) is 17.8. The van der Waals surface area contributed by atoms with Gasteiger partial charge in [-0.2, -0.15) is 0 Å². The molecule has 0 radical (unpaired) electrons. The molecule has 1 aromatic carbocycles. The van der Waals surface area contributed by atoms with Gasteiger partial charge in [0.1, 0.15) is 17.6 Å². The standard InChI is InChI=1S/C21H30N4O2S.HI/c1-6-26-18-10-16-9-13(2)27-19(16)11-17(18)12-24-21(22-5)23-8-7-20-14(3)25-15(4)28-20;/h10-11,13H,6-9,12H2,1-5H3,(H2,22,23,24);1H. The van der Waals surface area contributed by atoms with Crippen molar-refractivity contribution in [2.24, 2.45) is 4.99 Å². The molecule has 29 heavy (non-hydrogen) atoms. The topological polar surface area (TPSA) is 67.8 Å². The lowest BCUT2D eigenvalue weighted by Gasteiger charge is -2.15. The third kappa shape index (κ3) is 6.21. The van der Waals surface area contributed by atoms with Crippen LogP contribution in [0.1, 0.15) is 40.6 Å². The third-order valence-corrected chi connectivity index (χ3v) is 5.83. The van der Waals surface area contributed by atoms with Gasteiger partial charge in [-0.3, -0.25) is 4.99 Å². The van der Waals surface area contributed by atoms with Crippen molar-refractivity contribution in [3.05, 3.63) is 38.8 Å². The van der Waals surface area contributed by atoms with E-state index in [2.05, 4.69) is 46.6 Å². The van der Waals surface area contributed by atoms with Crippen LogP contribution in [0, 0.1) is 13.8 Å². The highest BCUT2D eigenvalue weighted by molar-refractivity contribution is 14.0. The molecule has 1 unspecified atom stereocenters. The number of benzene rings is 1. The number of aryl methyl sites for hydroxylation is 2. The van der Waals surface area contributed by atoms with E-state index in [0.717, 1.165) is 53.1 Å². The van der Waals surface area contributed by atoms with Gasteiger partial charge in [-0.05, 0) is 39.8 Å². The zero-order chi connectivity index (χ0) is 20.1. The number of hydrogen-bond acceptors (Lipinski definition) is 5. The Hall–Kier alpha value is -1.55. The summed E-state index contributed by atoms with van der Waals surface area (Å²) in [6.45, 7) is 10.3. The Morgan fingerprint density at radius 3 is 2.79 bits per heavy atom. The molecule has 1 aromatic heterocycles. The Morgan fingerprint density at radius 1 is 1.34 bits per heavy atom. The van der Waals surface area contributed by atoms with Crippen LogP contribution in [0.3, 0.4) is 0 Å². The lowest BCUT2D eigenvalue weighted by atomic mass is 10.1. The second-order valence-electron chi connectivity index (χ2n) is 6.98. The fourth-order valence-corrected chi connectivity index (χ4v) is 4.35. The molecule has 0 saturated heterocycles. The highest BCUT2D eigenvalue weighted by Gasteiger charge is 2.21. The average molecular weight is 530 g/mol. The number of nitrogens with zero attached hydrogens (tertiary/aromatic N) is 2. The van der Waals surface area contributed by atoms with Crippen molar-refractivity contribution < 1.29 is 9.47 Å². The number of nitrogens with one attached hydrogen (secondary N) is 2. The molecular weight excluding hydrogens is 499 g/mol. The maximum absolute atomic E-state index is 5.91. The lowest BCUT2D eigenvalue weighted by Crippen LogP contribution is -2.37. The molecule has 1 aliphatic heterocycles. The van der Waals surface area contributed by atoms with Crippen LogP contribution in [0.15, 0.2) is 17.1 Å². The molecule has 1 aliphatic rings. The van der Waals surface area contributed by atoms with Gasteiger partial charge < -0.3 is 20.1 Å². The molecule has 0 amide bonds. The third-order valence-electron chi connectivity index (χ3n) is 4.69. The summed E-state index contributed by atoms with van der Waals surface area (Å²) in [5, 5.41) is 7.88. The maximum Gasteiger partial charge on any atom is 0.191 e. The maximum atomic E-state index is 5.91. The lowest BCUT2D eigenvalue weighted by molar-refractivity contribution is 0.254. The Morgan fingerprint density at radius 2 is 2.14 bits per heavy atom. The van der Waals surface area contributed by atoms with Gasteiger partial charge in [-0.15, -0.1) is 35.3 Å². The Kier molecular flexibility index (Phi) is 9.01. The van der Waals surface area contributed by atoms with Crippen LogP contribution >= 0.6 is 35.3 Å². The minimum Gasteiger partial charge on any atom is -0.494 e. The Labute approximate surface area is 194 Å². The van der Waals surface area contributed by atoms with Crippen molar-refractivity contribution in [2.75, 3.05) is 20.2 Å². The van der Waals surface area contributed by atoms with E-state index in [1.807, 2.05) is 13.8 Å². The zero-order valence-corrected chi connectivity index (χ0v) is 20.9. The Bertz CT molecular complexity index is 853. The van der Waals surface area contributed by atoms with Crippen molar-refractivity contribution in [1.82, 2.24) is 15.6 Å². The van der Waals surface area contributed by atoms with Crippen molar-refractivity contribution in [3.63, 3.8) is 0 Å². The highest BCUT2D eigenvalue weighted by atomic mass is 127. The molecule has 0 aliphatic carbocycles. The van der Waals surface area contributed by atoms with E-state index >= 15 is 0 Å². The summed E-state index contributed by atoms with van der Waals surface area (Å²) in [5.74, 6) is 2.65. The van der Waals surface area contributed by atoms with Gasteiger partial charge >= 0.3 is 0 Å².